The molecule has 2 nitrogen and oxygen atoms in total. The number of ether oxygens (including phenoxy) is 2. The van der Waals surface area contributed by atoms with E-state index in [1.807, 2.05) is 0 Å². The SMILES string of the molecule is CCOc1ccc2c(c1)CC[C@@H]1[C@H]3CCc4cc(OC)ccc4[C@@H]3CC[C@H]21. The summed E-state index contributed by atoms with van der Waals surface area (Å²) in [5.41, 5.74) is 6.31. The quantitative estimate of drug-likeness (QED) is 0.679. The van der Waals surface area contributed by atoms with Crippen LogP contribution in [0.4, 0.5) is 0 Å². The Morgan fingerprint density at radius 1 is 0.778 bits per heavy atom. The van der Waals surface area contributed by atoms with Gasteiger partial charge in [0.15, 0.2) is 0 Å². The second-order valence-corrected chi connectivity index (χ2v) is 8.55. The summed E-state index contributed by atoms with van der Waals surface area (Å²) < 4.78 is 11.2. The fourth-order valence-electron chi connectivity index (χ4n) is 6.34. The molecule has 0 heterocycles. The zero-order valence-corrected chi connectivity index (χ0v) is 16.5. The van der Waals surface area contributed by atoms with Crippen molar-refractivity contribution in [2.24, 2.45) is 11.8 Å². The van der Waals surface area contributed by atoms with E-state index < -0.39 is 0 Å². The third-order valence-electron chi connectivity index (χ3n) is 7.44. The summed E-state index contributed by atoms with van der Waals surface area (Å²) in [5.74, 6) is 5.27. The minimum Gasteiger partial charge on any atom is -0.497 e. The van der Waals surface area contributed by atoms with Gasteiger partial charge in [0.05, 0.1) is 13.7 Å². The zero-order chi connectivity index (χ0) is 18.4. The molecule has 2 aromatic rings. The first-order valence-electron chi connectivity index (χ1n) is 10.7. The molecule has 1 saturated carbocycles. The third-order valence-corrected chi connectivity index (χ3v) is 7.44. The lowest BCUT2D eigenvalue weighted by molar-refractivity contribution is 0.136. The number of benzene rings is 2. The van der Waals surface area contributed by atoms with Gasteiger partial charge in [0.2, 0.25) is 0 Å². The largest absolute Gasteiger partial charge is 0.497 e. The molecular weight excluding hydrogens is 332 g/mol. The number of rotatable bonds is 3. The zero-order valence-electron chi connectivity index (χ0n) is 16.5. The molecule has 0 aromatic heterocycles. The number of methoxy groups -OCH3 is 1. The normalized spacial score (nSPS) is 28.4. The lowest BCUT2D eigenvalue weighted by atomic mass is 9.56. The maximum absolute atomic E-state index is 5.74. The molecule has 0 radical (unpaired) electrons. The van der Waals surface area contributed by atoms with E-state index in [2.05, 4.69) is 43.3 Å². The molecule has 0 unspecified atom stereocenters. The molecule has 0 spiro atoms. The molecule has 1 fully saturated rings. The average molecular weight is 363 g/mol. The van der Waals surface area contributed by atoms with Crippen LogP contribution in [-0.4, -0.2) is 13.7 Å². The molecule has 0 bridgehead atoms. The Balaban J connectivity index is 1.43. The number of hydrogen-bond donors (Lipinski definition) is 0. The Morgan fingerprint density at radius 3 is 1.89 bits per heavy atom. The summed E-state index contributed by atoms with van der Waals surface area (Å²) in [6.07, 6.45) is 7.79. The molecule has 0 saturated heterocycles. The molecule has 5 rings (SSSR count). The minimum absolute atomic E-state index is 0.749. The van der Waals surface area contributed by atoms with Crippen molar-refractivity contribution in [3.8, 4) is 11.5 Å². The summed E-state index contributed by atoms with van der Waals surface area (Å²) in [6.45, 7) is 2.81. The molecule has 3 aliphatic carbocycles. The molecule has 0 amide bonds. The molecule has 142 valence electrons. The fraction of sp³-hybridized carbons (Fsp3) is 0.520. The van der Waals surface area contributed by atoms with Gasteiger partial charge in [-0.1, -0.05) is 12.1 Å². The van der Waals surface area contributed by atoms with E-state index in [4.69, 9.17) is 9.47 Å². The Hall–Kier alpha value is -1.96. The van der Waals surface area contributed by atoms with Crippen LogP contribution in [0.1, 0.15) is 66.7 Å². The Kier molecular flexibility index (Phi) is 4.38. The van der Waals surface area contributed by atoms with Gasteiger partial charge in [0.25, 0.3) is 0 Å². The standard InChI is InChI=1S/C25H30O2/c1-3-27-19-7-11-21-17(15-19)5-9-25-23(21)13-12-22-20-10-6-18(26-2)14-16(20)4-8-24(22)25/h6-7,10-11,14-15,22-25H,3-5,8-9,12-13H2,1-2H3/t22-,23+,24-,25-/m0/s1. The van der Waals surface area contributed by atoms with Crippen LogP contribution >= 0.6 is 0 Å². The smallest absolute Gasteiger partial charge is 0.119 e. The van der Waals surface area contributed by atoms with Crippen molar-refractivity contribution in [3.05, 3.63) is 58.7 Å². The highest BCUT2D eigenvalue weighted by molar-refractivity contribution is 5.43. The van der Waals surface area contributed by atoms with E-state index in [9.17, 15) is 0 Å². The third kappa shape index (κ3) is 2.85. The van der Waals surface area contributed by atoms with Gasteiger partial charge >= 0.3 is 0 Å². The van der Waals surface area contributed by atoms with Crippen molar-refractivity contribution in [1.82, 2.24) is 0 Å². The van der Waals surface area contributed by atoms with Crippen LogP contribution in [0.5, 0.6) is 11.5 Å². The first-order chi connectivity index (χ1) is 13.3. The van der Waals surface area contributed by atoms with Crippen molar-refractivity contribution in [1.29, 1.82) is 0 Å². The molecule has 2 heteroatoms. The van der Waals surface area contributed by atoms with Crippen LogP contribution in [0, 0.1) is 11.8 Å². The molecule has 3 aliphatic rings. The predicted octanol–water partition coefficient (Wildman–Crippen LogP) is 5.88. The lowest BCUT2D eigenvalue weighted by Crippen LogP contribution is -2.38. The maximum atomic E-state index is 5.74. The molecular formula is C25H30O2. The summed E-state index contributed by atoms with van der Waals surface area (Å²) in [6, 6.07) is 13.7. The highest BCUT2D eigenvalue weighted by Crippen LogP contribution is 2.56. The Labute approximate surface area is 162 Å². The maximum Gasteiger partial charge on any atom is 0.119 e. The predicted molar refractivity (Wildman–Crippen MR) is 109 cm³/mol. The summed E-state index contributed by atoms with van der Waals surface area (Å²) >= 11 is 0. The average Bonchev–Trinajstić information content (AvgIpc) is 2.72. The van der Waals surface area contributed by atoms with Crippen molar-refractivity contribution in [3.63, 3.8) is 0 Å². The van der Waals surface area contributed by atoms with E-state index in [0.29, 0.717) is 0 Å². The van der Waals surface area contributed by atoms with Gasteiger partial charge in [-0.2, -0.15) is 0 Å². The highest BCUT2D eigenvalue weighted by Gasteiger charge is 2.44. The van der Waals surface area contributed by atoms with E-state index in [1.165, 1.54) is 44.1 Å². The van der Waals surface area contributed by atoms with Gasteiger partial charge in [0.1, 0.15) is 11.5 Å². The molecule has 2 aromatic carbocycles. The summed E-state index contributed by atoms with van der Waals surface area (Å²) in [4.78, 5) is 0. The first-order valence-corrected chi connectivity index (χ1v) is 10.7. The van der Waals surface area contributed by atoms with E-state index >= 15 is 0 Å². The second kappa shape index (κ2) is 6.89. The molecule has 27 heavy (non-hydrogen) atoms. The van der Waals surface area contributed by atoms with E-state index in [-0.39, 0.29) is 0 Å². The van der Waals surface area contributed by atoms with Gasteiger partial charge in [0, 0.05) is 0 Å². The van der Waals surface area contributed by atoms with E-state index in [0.717, 1.165) is 41.8 Å². The Bertz CT molecular complexity index is 840. The van der Waals surface area contributed by atoms with Crippen LogP contribution in [0.15, 0.2) is 36.4 Å². The molecule has 0 aliphatic heterocycles. The summed E-state index contributed by atoms with van der Waals surface area (Å²) in [7, 11) is 1.77. The first kappa shape index (κ1) is 17.2. The van der Waals surface area contributed by atoms with Crippen LogP contribution in [0.3, 0.4) is 0 Å². The Morgan fingerprint density at radius 2 is 1.33 bits per heavy atom. The van der Waals surface area contributed by atoms with Crippen LogP contribution < -0.4 is 9.47 Å². The highest BCUT2D eigenvalue weighted by atomic mass is 16.5. The molecule has 0 N–H and O–H groups in total. The number of aryl methyl sites for hydroxylation is 2. The number of hydrogen-bond acceptors (Lipinski definition) is 2. The van der Waals surface area contributed by atoms with Crippen LogP contribution in [-0.2, 0) is 12.8 Å². The van der Waals surface area contributed by atoms with Crippen molar-refractivity contribution in [2.75, 3.05) is 13.7 Å². The van der Waals surface area contributed by atoms with Crippen molar-refractivity contribution >= 4 is 0 Å². The van der Waals surface area contributed by atoms with Gasteiger partial charge in [-0.3, -0.25) is 0 Å². The van der Waals surface area contributed by atoms with Crippen molar-refractivity contribution < 1.29 is 9.47 Å². The minimum atomic E-state index is 0.749. The summed E-state index contributed by atoms with van der Waals surface area (Å²) in [5, 5.41) is 0. The topological polar surface area (TPSA) is 18.5 Å². The van der Waals surface area contributed by atoms with Gasteiger partial charge in [-0.15, -0.1) is 0 Å². The van der Waals surface area contributed by atoms with Gasteiger partial charge in [-0.05, 0) is 116 Å². The van der Waals surface area contributed by atoms with E-state index in [1.54, 1.807) is 23.8 Å². The van der Waals surface area contributed by atoms with Crippen molar-refractivity contribution in [2.45, 2.75) is 57.3 Å². The van der Waals surface area contributed by atoms with Crippen LogP contribution in [0.2, 0.25) is 0 Å². The monoisotopic (exact) mass is 362 g/mol. The number of fused-ring (bicyclic) bond motifs is 7. The fourth-order valence-corrected chi connectivity index (χ4v) is 6.34. The van der Waals surface area contributed by atoms with Gasteiger partial charge < -0.3 is 9.47 Å². The van der Waals surface area contributed by atoms with Gasteiger partial charge in [-0.25, -0.2) is 0 Å². The second-order valence-electron chi connectivity index (χ2n) is 8.55. The molecule has 4 atom stereocenters. The van der Waals surface area contributed by atoms with Crippen LogP contribution in [0.25, 0.3) is 0 Å². The lowest BCUT2D eigenvalue weighted by Gasteiger charge is -2.49.